The first-order valence-corrected chi connectivity index (χ1v) is 7.47. The summed E-state index contributed by atoms with van der Waals surface area (Å²) in [5.41, 5.74) is 1.47. The molecule has 2 aliphatic heterocycles. The number of nitrogens with zero attached hydrogens (tertiary/aromatic N) is 3. The fraction of sp³-hybridized carbons (Fsp3) is 0.800. The molecule has 3 heteroatoms. The van der Waals surface area contributed by atoms with E-state index in [0.717, 1.165) is 5.92 Å². The highest BCUT2D eigenvalue weighted by Gasteiger charge is 2.23. The zero-order valence-electron chi connectivity index (χ0n) is 11.7. The van der Waals surface area contributed by atoms with Crippen molar-refractivity contribution in [2.75, 3.05) is 20.1 Å². The van der Waals surface area contributed by atoms with E-state index in [2.05, 4.69) is 29.6 Å². The molecular formula is C15H25N3. The highest BCUT2D eigenvalue weighted by molar-refractivity contribution is 5.10. The Labute approximate surface area is 110 Å². The Morgan fingerprint density at radius 2 is 2.22 bits per heavy atom. The van der Waals surface area contributed by atoms with Crippen LogP contribution >= 0.6 is 0 Å². The zero-order valence-corrected chi connectivity index (χ0v) is 11.7. The van der Waals surface area contributed by atoms with Gasteiger partial charge < -0.3 is 9.47 Å². The molecule has 3 nitrogen and oxygen atoms in total. The van der Waals surface area contributed by atoms with E-state index in [1.54, 1.807) is 0 Å². The predicted molar refractivity (Wildman–Crippen MR) is 73.8 cm³/mol. The third kappa shape index (κ3) is 2.33. The Hall–Kier alpha value is -0.830. The molecule has 0 saturated carbocycles. The van der Waals surface area contributed by atoms with Crippen molar-refractivity contribution in [3.05, 3.63) is 17.7 Å². The Morgan fingerprint density at radius 1 is 1.33 bits per heavy atom. The van der Waals surface area contributed by atoms with Crippen molar-refractivity contribution in [3.63, 3.8) is 0 Å². The summed E-state index contributed by atoms with van der Waals surface area (Å²) in [6.45, 7) is 4.87. The third-order valence-electron chi connectivity index (χ3n) is 4.64. The smallest absolute Gasteiger partial charge is 0.109 e. The molecule has 2 atom stereocenters. The maximum atomic E-state index is 4.71. The van der Waals surface area contributed by atoms with E-state index in [1.807, 2.05) is 0 Å². The van der Waals surface area contributed by atoms with Gasteiger partial charge in [-0.3, -0.25) is 0 Å². The topological polar surface area (TPSA) is 21.1 Å². The summed E-state index contributed by atoms with van der Waals surface area (Å²) in [6.07, 6.45) is 9.90. The average Bonchev–Trinajstić information content (AvgIpc) is 2.74. The second kappa shape index (κ2) is 5.04. The van der Waals surface area contributed by atoms with Gasteiger partial charge in [-0.1, -0.05) is 0 Å². The van der Waals surface area contributed by atoms with Crippen molar-refractivity contribution in [3.8, 4) is 0 Å². The molecule has 0 bridgehead atoms. The summed E-state index contributed by atoms with van der Waals surface area (Å²) in [5.74, 6) is 2.15. The molecule has 1 aromatic heterocycles. The lowest BCUT2D eigenvalue weighted by Crippen LogP contribution is -2.33. The number of hydrogen-bond donors (Lipinski definition) is 0. The summed E-state index contributed by atoms with van der Waals surface area (Å²) in [5, 5.41) is 0. The van der Waals surface area contributed by atoms with Gasteiger partial charge in [0.2, 0.25) is 0 Å². The maximum absolute atomic E-state index is 4.71. The normalized spacial score (nSPS) is 29.2. The van der Waals surface area contributed by atoms with Crippen LogP contribution in [0, 0.1) is 5.92 Å². The van der Waals surface area contributed by atoms with Crippen LogP contribution in [0.25, 0.3) is 0 Å². The largest absolute Gasteiger partial charge is 0.329 e. The number of rotatable bonds is 2. The van der Waals surface area contributed by atoms with Crippen molar-refractivity contribution < 1.29 is 0 Å². The highest BCUT2D eigenvalue weighted by atomic mass is 15.1. The van der Waals surface area contributed by atoms with Crippen molar-refractivity contribution in [1.82, 2.24) is 14.5 Å². The van der Waals surface area contributed by atoms with Crippen molar-refractivity contribution in [2.45, 2.75) is 51.5 Å². The summed E-state index contributed by atoms with van der Waals surface area (Å²) < 4.78 is 2.53. The molecule has 0 spiro atoms. The Kier molecular flexibility index (Phi) is 3.42. The molecule has 0 amide bonds. The van der Waals surface area contributed by atoms with Gasteiger partial charge in [-0.25, -0.2) is 4.98 Å². The standard InChI is InChI=1S/C15H25N3/c1-12-5-3-7-14-10-16-15(18(12)14)9-13-6-4-8-17(2)11-13/h10,12-13H,3-9,11H2,1-2H3. The third-order valence-corrected chi connectivity index (χ3v) is 4.64. The molecule has 0 N–H and O–H groups in total. The van der Waals surface area contributed by atoms with Crippen LogP contribution in [0.15, 0.2) is 6.20 Å². The number of fused-ring (bicyclic) bond motifs is 1. The molecule has 2 unspecified atom stereocenters. The first-order valence-electron chi connectivity index (χ1n) is 7.47. The van der Waals surface area contributed by atoms with Crippen LogP contribution in [0.1, 0.15) is 50.2 Å². The van der Waals surface area contributed by atoms with Crippen molar-refractivity contribution in [1.29, 1.82) is 0 Å². The molecule has 18 heavy (non-hydrogen) atoms. The van der Waals surface area contributed by atoms with E-state index in [9.17, 15) is 0 Å². The lowest BCUT2D eigenvalue weighted by molar-refractivity contribution is 0.205. The number of piperidine rings is 1. The maximum Gasteiger partial charge on any atom is 0.109 e. The first kappa shape index (κ1) is 12.2. The van der Waals surface area contributed by atoms with Crippen LogP contribution in [0.2, 0.25) is 0 Å². The molecular weight excluding hydrogens is 222 g/mol. The first-order chi connectivity index (χ1) is 8.74. The van der Waals surface area contributed by atoms with Crippen LogP contribution in [-0.2, 0) is 12.8 Å². The van der Waals surface area contributed by atoms with Crippen LogP contribution in [-0.4, -0.2) is 34.6 Å². The van der Waals surface area contributed by atoms with Crippen LogP contribution in [0.5, 0.6) is 0 Å². The van der Waals surface area contributed by atoms with Gasteiger partial charge in [0, 0.05) is 30.9 Å². The summed E-state index contributed by atoms with van der Waals surface area (Å²) in [7, 11) is 2.25. The molecule has 2 aliphatic rings. The van der Waals surface area contributed by atoms with Gasteiger partial charge in [0.15, 0.2) is 0 Å². The van der Waals surface area contributed by atoms with Gasteiger partial charge in [-0.05, 0) is 58.5 Å². The van der Waals surface area contributed by atoms with Crippen molar-refractivity contribution in [2.24, 2.45) is 5.92 Å². The predicted octanol–water partition coefficient (Wildman–Crippen LogP) is 2.66. The highest BCUT2D eigenvalue weighted by Crippen LogP contribution is 2.28. The fourth-order valence-electron chi connectivity index (χ4n) is 3.72. The quantitative estimate of drug-likeness (QED) is 0.801. The summed E-state index contributed by atoms with van der Waals surface area (Å²) in [4.78, 5) is 7.18. The monoisotopic (exact) mass is 247 g/mol. The Balaban J connectivity index is 1.75. The van der Waals surface area contributed by atoms with Gasteiger partial charge in [-0.2, -0.15) is 0 Å². The van der Waals surface area contributed by atoms with E-state index in [4.69, 9.17) is 4.98 Å². The lowest BCUT2D eigenvalue weighted by Gasteiger charge is -2.30. The summed E-state index contributed by atoms with van der Waals surface area (Å²) >= 11 is 0. The molecule has 100 valence electrons. The number of likely N-dealkylation sites (tertiary alicyclic amines) is 1. The van der Waals surface area contributed by atoms with Crippen LogP contribution in [0.4, 0.5) is 0 Å². The lowest BCUT2D eigenvalue weighted by atomic mass is 9.94. The molecule has 3 rings (SSSR count). The molecule has 1 aromatic rings. The van der Waals surface area contributed by atoms with E-state index >= 15 is 0 Å². The van der Waals surface area contributed by atoms with Gasteiger partial charge in [0.1, 0.15) is 5.82 Å². The number of aromatic nitrogens is 2. The van der Waals surface area contributed by atoms with Gasteiger partial charge in [0.05, 0.1) is 0 Å². The van der Waals surface area contributed by atoms with E-state index in [1.165, 1.54) is 63.1 Å². The molecule has 0 aromatic carbocycles. The number of imidazole rings is 1. The summed E-state index contributed by atoms with van der Waals surface area (Å²) in [6, 6.07) is 0.660. The average molecular weight is 247 g/mol. The van der Waals surface area contributed by atoms with E-state index < -0.39 is 0 Å². The molecule has 3 heterocycles. The minimum absolute atomic E-state index is 0.660. The van der Waals surface area contributed by atoms with Crippen molar-refractivity contribution >= 4 is 0 Å². The Bertz CT molecular complexity index is 410. The number of hydrogen-bond acceptors (Lipinski definition) is 2. The molecule has 1 saturated heterocycles. The van der Waals surface area contributed by atoms with Crippen LogP contribution in [0.3, 0.4) is 0 Å². The van der Waals surface area contributed by atoms with E-state index in [0.29, 0.717) is 6.04 Å². The SMILES string of the molecule is CC1CCCc2cnc(CC3CCCN(C)C3)n21. The van der Waals surface area contributed by atoms with E-state index in [-0.39, 0.29) is 0 Å². The fourth-order valence-corrected chi connectivity index (χ4v) is 3.72. The molecule has 1 fully saturated rings. The van der Waals surface area contributed by atoms with Gasteiger partial charge in [0.25, 0.3) is 0 Å². The second-order valence-electron chi connectivity index (χ2n) is 6.25. The number of aryl methyl sites for hydroxylation is 1. The Morgan fingerprint density at radius 3 is 3.06 bits per heavy atom. The van der Waals surface area contributed by atoms with Gasteiger partial charge >= 0.3 is 0 Å². The second-order valence-corrected chi connectivity index (χ2v) is 6.25. The molecule has 0 radical (unpaired) electrons. The minimum Gasteiger partial charge on any atom is -0.329 e. The zero-order chi connectivity index (χ0) is 12.5. The molecule has 0 aliphatic carbocycles. The van der Waals surface area contributed by atoms with Crippen LogP contribution < -0.4 is 0 Å². The minimum atomic E-state index is 0.660. The van der Waals surface area contributed by atoms with Gasteiger partial charge in [-0.15, -0.1) is 0 Å².